The summed E-state index contributed by atoms with van der Waals surface area (Å²) < 4.78 is 41.6. The molecule has 0 unspecified atom stereocenters. The second-order valence-electron chi connectivity index (χ2n) is 5.08. The molecule has 0 bridgehead atoms. The van der Waals surface area contributed by atoms with Crippen molar-refractivity contribution in [2.24, 2.45) is 0 Å². The molecule has 1 amide bonds. The van der Waals surface area contributed by atoms with Gasteiger partial charge in [0, 0.05) is 24.2 Å². The number of aromatic amines is 1. The SMILES string of the molecule is Cc1n[nH]c(=S)n1CCNC(=O)C=C(c1ccc(Cl)cc1)C(F)(F)F. The molecular weight excluding hydrogens is 377 g/mol. The molecule has 0 spiro atoms. The molecule has 2 N–H and O–H groups in total. The third kappa shape index (κ3) is 5.17. The van der Waals surface area contributed by atoms with Crippen LogP contribution in [-0.2, 0) is 11.3 Å². The van der Waals surface area contributed by atoms with Crippen LogP contribution in [0, 0.1) is 11.7 Å². The van der Waals surface area contributed by atoms with Crippen LogP contribution >= 0.6 is 23.8 Å². The van der Waals surface area contributed by atoms with Crippen LogP contribution in [0.5, 0.6) is 0 Å². The number of carbonyl (C=O) groups excluding carboxylic acids is 1. The first kappa shape index (κ1) is 19.2. The molecule has 134 valence electrons. The normalized spacial score (nSPS) is 12.3. The standard InChI is InChI=1S/C15H14ClF3N4OS/c1-9-21-22-14(25)23(9)7-6-20-13(24)8-12(15(17,18)19)10-2-4-11(16)5-3-10/h2-5,8H,6-7H2,1H3,(H,20,24)(H,22,25). The number of nitrogens with zero attached hydrogens (tertiary/aromatic N) is 2. The average molecular weight is 391 g/mol. The summed E-state index contributed by atoms with van der Waals surface area (Å²) in [4.78, 5) is 11.9. The molecule has 1 aromatic carbocycles. The predicted molar refractivity (Wildman–Crippen MR) is 90.6 cm³/mol. The Balaban J connectivity index is 2.09. The van der Waals surface area contributed by atoms with Crippen LogP contribution in [0.25, 0.3) is 5.57 Å². The van der Waals surface area contributed by atoms with Crippen molar-refractivity contribution in [3.63, 3.8) is 0 Å². The summed E-state index contributed by atoms with van der Waals surface area (Å²) in [6, 6.07) is 5.09. The maximum Gasteiger partial charge on any atom is 0.417 e. The highest BCUT2D eigenvalue weighted by molar-refractivity contribution is 7.71. The van der Waals surface area contributed by atoms with Gasteiger partial charge in [-0.15, -0.1) is 0 Å². The number of halogens is 4. The highest BCUT2D eigenvalue weighted by Gasteiger charge is 2.35. The van der Waals surface area contributed by atoms with Crippen molar-refractivity contribution in [3.05, 3.63) is 51.5 Å². The first-order chi connectivity index (χ1) is 11.7. The molecule has 0 saturated carbocycles. The van der Waals surface area contributed by atoms with Crippen molar-refractivity contribution in [2.45, 2.75) is 19.6 Å². The first-order valence-corrected chi connectivity index (χ1v) is 7.91. The van der Waals surface area contributed by atoms with Gasteiger partial charge in [0.25, 0.3) is 0 Å². The van der Waals surface area contributed by atoms with E-state index in [0.29, 0.717) is 28.2 Å². The Morgan fingerprint density at radius 2 is 2.04 bits per heavy atom. The lowest BCUT2D eigenvalue weighted by Crippen LogP contribution is -2.27. The number of rotatable bonds is 5. The Morgan fingerprint density at radius 3 is 2.56 bits per heavy atom. The zero-order chi connectivity index (χ0) is 18.6. The van der Waals surface area contributed by atoms with Crippen molar-refractivity contribution in [1.29, 1.82) is 0 Å². The van der Waals surface area contributed by atoms with E-state index in [1.54, 1.807) is 11.5 Å². The molecule has 10 heteroatoms. The van der Waals surface area contributed by atoms with Crippen LogP contribution in [0.4, 0.5) is 13.2 Å². The summed E-state index contributed by atoms with van der Waals surface area (Å²) in [6.45, 7) is 2.12. The van der Waals surface area contributed by atoms with Gasteiger partial charge in [0.2, 0.25) is 5.91 Å². The second kappa shape index (κ2) is 7.83. The smallest absolute Gasteiger partial charge is 0.351 e. The molecule has 0 atom stereocenters. The van der Waals surface area contributed by atoms with Crippen LogP contribution in [0.1, 0.15) is 11.4 Å². The molecule has 0 aliphatic rings. The van der Waals surface area contributed by atoms with Gasteiger partial charge in [-0.1, -0.05) is 23.7 Å². The number of hydrogen-bond donors (Lipinski definition) is 2. The number of nitrogens with one attached hydrogen (secondary N) is 2. The minimum atomic E-state index is -4.67. The molecule has 1 heterocycles. The zero-order valence-corrected chi connectivity index (χ0v) is 14.6. The van der Waals surface area contributed by atoms with E-state index in [-0.39, 0.29) is 12.1 Å². The minimum Gasteiger partial charge on any atom is -0.351 e. The maximum absolute atomic E-state index is 13.2. The summed E-state index contributed by atoms with van der Waals surface area (Å²) >= 11 is 10.7. The number of H-pyrrole nitrogens is 1. The van der Waals surface area contributed by atoms with E-state index < -0.39 is 17.7 Å². The van der Waals surface area contributed by atoms with E-state index in [0.717, 1.165) is 0 Å². The number of benzene rings is 1. The van der Waals surface area contributed by atoms with Crippen molar-refractivity contribution < 1.29 is 18.0 Å². The third-order valence-electron chi connectivity index (χ3n) is 3.32. The first-order valence-electron chi connectivity index (χ1n) is 7.13. The lowest BCUT2D eigenvalue weighted by atomic mass is 10.1. The van der Waals surface area contributed by atoms with Crippen LogP contribution in [0.15, 0.2) is 30.3 Å². The van der Waals surface area contributed by atoms with Crippen LogP contribution in [0.2, 0.25) is 5.02 Å². The monoisotopic (exact) mass is 390 g/mol. The van der Waals surface area contributed by atoms with Gasteiger partial charge < -0.3 is 9.88 Å². The minimum absolute atomic E-state index is 0.107. The number of allylic oxidation sites excluding steroid dienone is 1. The van der Waals surface area contributed by atoms with Crippen LogP contribution in [-0.4, -0.2) is 33.4 Å². The quantitative estimate of drug-likeness (QED) is 0.605. The molecule has 0 aliphatic heterocycles. The zero-order valence-electron chi connectivity index (χ0n) is 13.0. The molecule has 2 aromatic rings. The fourth-order valence-corrected chi connectivity index (χ4v) is 2.49. The Labute approximate surface area is 151 Å². The van der Waals surface area contributed by atoms with Gasteiger partial charge in [-0.2, -0.15) is 18.3 Å². The lowest BCUT2D eigenvalue weighted by Gasteiger charge is -2.12. The van der Waals surface area contributed by atoms with Crippen molar-refractivity contribution in [2.75, 3.05) is 6.54 Å². The number of amides is 1. The topological polar surface area (TPSA) is 62.7 Å². The number of aryl methyl sites for hydroxylation is 1. The average Bonchev–Trinajstić information content (AvgIpc) is 2.84. The molecule has 2 rings (SSSR count). The van der Waals surface area contributed by atoms with Gasteiger partial charge >= 0.3 is 6.18 Å². The largest absolute Gasteiger partial charge is 0.417 e. The van der Waals surface area contributed by atoms with Gasteiger partial charge in [-0.05, 0) is 36.8 Å². The fraction of sp³-hybridized carbons (Fsp3) is 0.267. The molecule has 5 nitrogen and oxygen atoms in total. The summed E-state index contributed by atoms with van der Waals surface area (Å²) in [7, 11) is 0. The predicted octanol–water partition coefficient (Wildman–Crippen LogP) is 3.66. The number of hydrogen-bond acceptors (Lipinski definition) is 3. The van der Waals surface area contributed by atoms with Gasteiger partial charge in [0.1, 0.15) is 5.82 Å². The Bertz CT molecular complexity index is 840. The van der Waals surface area contributed by atoms with Crippen molar-refractivity contribution in [1.82, 2.24) is 20.1 Å². The Kier molecular flexibility index (Phi) is 6.02. The molecule has 0 aliphatic carbocycles. The van der Waals surface area contributed by atoms with Gasteiger partial charge in [-0.25, -0.2) is 0 Å². The van der Waals surface area contributed by atoms with Crippen molar-refractivity contribution >= 4 is 35.3 Å². The van der Waals surface area contributed by atoms with E-state index in [1.165, 1.54) is 24.3 Å². The highest BCUT2D eigenvalue weighted by Crippen LogP contribution is 2.34. The molecule has 0 fully saturated rings. The van der Waals surface area contributed by atoms with E-state index >= 15 is 0 Å². The Morgan fingerprint density at radius 1 is 1.40 bits per heavy atom. The summed E-state index contributed by atoms with van der Waals surface area (Å²) in [5.41, 5.74) is -1.18. The molecular formula is C15H14ClF3N4OS. The second-order valence-corrected chi connectivity index (χ2v) is 5.90. The maximum atomic E-state index is 13.2. The van der Waals surface area contributed by atoms with E-state index in [2.05, 4.69) is 15.5 Å². The van der Waals surface area contributed by atoms with Gasteiger partial charge in [-0.3, -0.25) is 9.89 Å². The van der Waals surface area contributed by atoms with E-state index in [4.69, 9.17) is 23.8 Å². The van der Waals surface area contributed by atoms with Crippen molar-refractivity contribution in [3.8, 4) is 0 Å². The highest BCUT2D eigenvalue weighted by atomic mass is 35.5. The number of aromatic nitrogens is 3. The van der Waals surface area contributed by atoms with Gasteiger partial charge in [0.15, 0.2) is 4.77 Å². The summed E-state index contributed by atoms with van der Waals surface area (Å²) in [5.74, 6) is -0.234. The van der Waals surface area contributed by atoms with E-state index in [9.17, 15) is 18.0 Å². The van der Waals surface area contributed by atoms with Crippen LogP contribution in [0.3, 0.4) is 0 Å². The van der Waals surface area contributed by atoms with E-state index in [1.807, 2.05) is 0 Å². The summed E-state index contributed by atoms with van der Waals surface area (Å²) in [6.07, 6.45) is -4.14. The fourth-order valence-electron chi connectivity index (χ4n) is 2.09. The summed E-state index contributed by atoms with van der Waals surface area (Å²) in [5, 5.41) is 9.20. The molecule has 25 heavy (non-hydrogen) atoms. The molecule has 0 saturated heterocycles. The molecule has 0 radical (unpaired) electrons. The Hall–Kier alpha value is -2.13. The lowest BCUT2D eigenvalue weighted by molar-refractivity contribution is -0.117. The third-order valence-corrected chi connectivity index (χ3v) is 3.88. The number of alkyl halides is 3. The molecule has 1 aromatic heterocycles. The van der Waals surface area contributed by atoms with Gasteiger partial charge in [0.05, 0.1) is 5.57 Å². The van der Waals surface area contributed by atoms with Crippen LogP contribution < -0.4 is 5.32 Å². The number of carbonyl (C=O) groups is 1.